The number of hydrogen-bond acceptors (Lipinski definition) is 4. The fraction of sp³-hybridized carbons (Fsp3) is 0.500. The smallest absolute Gasteiger partial charge is 0.229 e. The van der Waals surface area contributed by atoms with Crippen LogP contribution in [0.2, 0.25) is 0 Å². The summed E-state index contributed by atoms with van der Waals surface area (Å²) < 4.78 is 1.01. The first kappa shape index (κ1) is 18.1. The van der Waals surface area contributed by atoms with Crippen molar-refractivity contribution in [2.24, 2.45) is 0 Å². The molecular formula is C20H22BrN3OS. The number of allylic oxidation sites excluding steroid dienone is 1. The van der Waals surface area contributed by atoms with Crippen molar-refractivity contribution < 1.29 is 4.79 Å². The summed E-state index contributed by atoms with van der Waals surface area (Å²) in [5.41, 5.74) is 1.79. The van der Waals surface area contributed by atoms with E-state index in [2.05, 4.69) is 26.9 Å². The summed E-state index contributed by atoms with van der Waals surface area (Å²) in [5.74, 6) is 0.891. The van der Waals surface area contributed by atoms with Gasteiger partial charge in [-0.1, -0.05) is 59.1 Å². The van der Waals surface area contributed by atoms with Crippen LogP contribution in [0.4, 0.5) is 0 Å². The monoisotopic (exact) mass is 431 g/mol. The third-order valence-corrected chi connectivity index (χ3v) is 7.38. The molecule has 3 aliphatic rings. The number of nitrogens with zero attached hydrogens (tertiary/aromatic N) is 3. The van der Waals surface area contributed by atoms with Gasteiger partial charge in [0.15, 0.2) is 0 Å². The zero-order valence-corrected chi connectivity index (χ0v) is 17.1. The van der Waals surface area contributed by atoms with Gasteiger partial charge in [0, 0.05) is 22.9 Å². The topological polar surface area (TPSA) is 47.3 Å². The maximum absolute atomic E-state index is 12.9. The Morgan fingerprint density at radius 1 is 1.15 bits per heavy atom. The van der Waals surface area contributed by atoms with Gasteiger partial charge >= 0.3 is 0 Å². The van der Waals surface area contributed by atoms with Gasteiger partial charge < -0.3 is 0 Å². The highest BCUT2D eigenvalue weighted by Crippen LogP contribution is 2.43. The molecular weight excluding hydrogens is 410 g/mol. The normalized spacial score (nSPS) is 25.2. The summed E-state index contributed by atoms with van der Waals surface area (Å²) >= 11 is 5.12. The molecule has 4 rings (SSSR count). The molecule has 0 aromatic heterocycles. The van der Waals surface area contributed by atoms with Crippen LogP contribution in [-0.4, -0.2) is 34.3 Å². The molecule has 6 heteroatoms. The second-order valence-corrected chi connectivity index (χ2v) is 9.11. The van der Waals surface area contributed by atoms with Crippen LogP contribution in [-0.2, 0) is 4.79 Å². The Morgan fingerprint density at radius 3 is 2.58 bits per heavy atom. The number of nitriles is 1. The summed E-state index contributed by atoms with van der Waals surface area (Å²) in [7, 11) is 0. The Labute approximate surface area is 167 Å². The average Bonchev–Trinajstić information content (AvgIpc) is 2.69. The van der Waals surface area contributed by atoms with Gasteiger partial charge in [-0.3, -0.25) is 14.6 Å². The van der Waals surface area contributed by atoms with Crippen molar-refractivity contribution in [1.82, 2.24) is 9.80 Å². The van der Waals surface area contributed by atoms with Crippen LogP contribution in [0.25, 0.3) is 0 Å². The Bertz CT molecular complexity index is 764. The molecule has 0 radical (unpaired) electrons. The minimum Gasteiger partial charge on any atom is -0.292 e. The number of carbonyl (C=O) groups is 1. The number of benzene rings is 1. The van der Waals surface area contributed by atoms with Gasteiger partial charge in [0.25, 0.3) is 0 Å². The van der Waals surface area contributed by atoms with Crippen LogP contribution in [0.1, 0.15) is 50.0 Å². The van der Waals surface area contributed by atoms with Gasteiger partial charge in [0.2, 0.25) is 5.91 Å². The first-order valence-corrected chi connectivity index (χ1v) is 11.0. The number of fused-ring (bicyclic) bond motifs is 1. The van der Waals surface area contributed by atoms with E-state index in [0.29, 0.717) is 19.1 Å². The third-order valence-electron chi connectivity index (χ3n) is 5.68. The summed E-state index contributed by atoms with van der Waals surface area (Å²) in [5, 5.41) is 10.7. The zero-order chi connectivity index (χ0) is 18.1. The molecule has 4 nitrogen and oxygen atoms in total. The van der Waals surface area contributed by atoms with E-state index in [0.717, 1.165) is 26.5 Å². The van der Waals surface area contributed by atoms with Gasteiger partial charge in [0.05, 0.1) is 29.2 Å². The van der Waals surface area contributed by atoms with Gasteiger partial charge in [-0.15, -0.1) is 0 Å². The van der Waals surface area contributed by atoms with E-state index in [9.17, 15) is 10.1 Å². The Balaban J connectivity index is 1.60. The molecule has 1 aromatic carbocycles. The van der Waals surface area contributed by atoms with Crippen molar-refractivity contribution in [1.29, 1.82) is 5.26 Å². The van der Waals surface area contributed by atoms with E-state index in [1.54, 1.807) is 11.8 Å². The molecule has 2 heterocycles. The molecule has 1 amide bonds. The minimum atomic E-state index is -0.124. The molecule has 2 fully saturated rings. The highest BCUT2D eigenvalue weighted by atomic mass is 79.9. The van der Waals surface area contributed by atoms with E-state index >= 15 is 0 Å². The fourth-order valence-electron chi connectivity index (χ4n) is 4.23. The molecule has 0 N–H and O–H groups in total. The van der Waals surface area contributed by atoms with Crippen molar-refractivity contribution in [3.8, 4) is 6.07 Å². The van der Waals surface area contributed by atoms with Crippen LogP contribution in [0.3, 0.4) is 0 Å². The number of hydrogen-bond donors (Lipinski definition) is 0. The predicted molar refractivity (Wildman–Crippen MR) is 107 cm³/mol. The molecule has 1 aliphatic carbocycles. The van der Waals surface area contributed by atoms with Crippen molar-refractivity contribution in [2.75, 3.05) is 12.5 Å². The second kappa shape index (κ2) is 7.75. The van der Waals surface area contributed by atoms with E-state index in [1.807, 2.05) is 29.2 Å². The number of carbonyl (C=O) groups excluding carboxylic acids is 1. The fourth-order valence-corrected chi connectivity index (χ4v) is 5.74. The third kappa shape index (κ3) is 3.45. The average molecular weight is 432 g/mol. The van der Waals surface area contributed by atoms with E-state index < -0.39 is 0 Å². The number of thioether (sulfide) groups is 1. The summed E-state index contributed by atoms with van der Waals surface area (Å²) in [4.78, 5) is 17.2. The maximum Gasteiger partial charge on any atom is 0.229 e. The van der Waals surface area contributed by atoms with Gasteiger partial charge in [-0.05, 0) is 30.5 Å². The molecule has 0 unspecified atom stereocenters. The lowest BCUT2D eigenvalue weighted by molar-refractivity contribution is -0.132. The lowest BCUT2D eigenvalue weighted by Gasteiger charge is -2.44. The SMILES string of the molecule is N#CC1=C2SCN(C3CCCCC3)CN2C(=O)C[C@@H]1c1ccc(Br)cc1. The maximum atomic E-state index is 12.9. The zero-order valence-electron chi connectivity index (χ0n) is 14.7. The summed E-state index contributed by atoms with van der Waals surface area (Å²) in [6, 6.07) is 11.0. The highest BCUT2D eigenvalue weighted by Gasteiger charge is 2.39. The molecule has 2 aliphatic heterocycles. The van der Waals surface area contributed by atoms with Gasteiger partial charge in [-0.2, -0.15) is 5.26 Å². The lowest BCUT2D eigenvalue weighted by atomic mass is 9.86. The molecule has 26 heavy (non-hydrogen) atoms. The van der Waals surface area contributed by atoms with Crippen molar-refractivity contribution in [2.45, 2.75) is 50.5 Å². The van der Waals surface area contributed by atoms with E-state index in [4.69, 9.17) is 0 Å². The van der Waals surface area contributed by atoms with Gasteiger partial charge in [-0.25, -0.2) is 0 Å². The van der Waals surface area contributed by atoms with Crippen LogP contribution >= 0.6 is 27.7 Å². The van der Waals surface area contributed by atoms with E-state index in [1.165, 1.54) is 32.1 Å². The van der Waals surface area contributed by atoms with Crippen molar-refractivity contribution >= 4 is 33.6 Å². The first-order chi connectivity index (χ1) is 12.7. The number of rotatable bonds is 2. The Hall–Kier alpha value is -1.29. The van der Waals surface area contributed by atoms with Crippen LogP contribution in [0, 0.1) is 11.3 Å². The largest absolute Gasteiger partial charge is 0.292 e. The Kier molecular flexibility index (Phi) is 5.40. The number of halogens is 1. The molecule has 0 spiro atoms. The highest BCUT2D eigenvalue weighted by molar-refractivity contribution is 9.10. The van der Waals surface area contributed by atoms with Crippen LogP contribution in [0.5, 0.6) is 0 Å². The molecule has 0 bridgehead atoms. The van der Waals surface area contributed by atoms with E-state index in [-0.39, 0.29) is 11.8 Å². The number of amides is 1. The summed E-state index contributed by atoms with van der Waals surface area (Å²) in [6.07, 6.45) is 6.75. The molecule has 1 aromatic rings. The standard InChI is InChI=1S/C20H22BrN3OS/c21-15-8-6-14(7-9-15)17-10-19(25)24-12-23(16-4-2-1-3-5-16)13-26-20(24)18(17)11-22/h6-9,16-17H,1-5,10,12-13H2/t17-/m1/s1. The lowest BCUT2D eigenvalue weighted by Crippen LogP contribution is -2.51. The van der Waals surface area contributed by atoms with Crippen molar-refractivity contribution in [3.05, 3.63) is 44.9 Å². The first-order valence-electron chi connectivity index (χ1n) is 9.24. The summed E-state index contributed by atoms with van der Waals surface area (Å²) in [6.45, 7) is 0.643. The van der Waals surface area contributed by atoms with Crippen molar-refractivity contribution in [3.63, 3.8) is 0 Å². The molecule has 1 saturated heterocycles. The quantitative estimate of drug-likeness (QED) is 0.674. The van der Waals surface area contributed by atoms with Crippen LogP contribution < -0.4 is 0 Å². The second-order valence-electron chi connectivity index (χ2n) is 7.26. The molecule has 1 saturated carbocycles. The minimum absolute atomic E-state index is 0.124. The predicted octanol–water partition coefficient (Wildman–Crippen LogP) is 4.80. The Morgan fingerprint density at radius 2 is 1.88 bits per heavy atom. The molecule has 1 atom stereocenters. The van der Waals surface area contributed by atoms with Gasteiger partial charge in [0.1, 0.15) is 0 Å². The van der Waals surface area contributed by atoms with Crippen LogP contribution in [0.15, 0.2) is 39.3 Å². The molecule has 136 valence electrons.